The Kier molecular flexibility index (Phi) is 4.82. The van der Waals surface area contributed by atoms with E-state index >= 15 is 0 Å². The lowest BCUT2D eigenvalue weighted by atomic mass is 9.73. The third-order valence-corrected chi connectivity index (χ3v) is 7.87. The highest BCUT2D eigenvalue weighted by molar-refractivity contribution is 6.34. The Morgan fingerprint density at radius 1 is 1.18 bits per heavy atom. The van der Waals surface area contributed by atoms with Gasteiger partial charge in [-0.2, -0.15) is 5.10 Å². The lowest BCUT2D eigenvalue weighted by molar-refractivity contribution is 0.187. The zero-order chi connectivity index (χ0) is 23.4. The van der Waals surface area contributed by atoms with Crippen LogP contribution in [0.4, 0.5) is 11.6 Å². The van der Waals surface area contributed by atoms with Crippen molar-refractivity contribution in [2.75, 3.05) is 23.7 Å². The molecule has 0 amide bonds. The number of aromatic nitrogens is 5. The average molecular weight is 473 g/mol. The van der Waals surface area contributed by atoms with Gasteiger partial charge >= 0.3 is 0 Å². The number of hydrogen-bond donors (Lipinski definition) is 3. The van der Waals surface area contributed by atoms with Gasteiger partial charge in [-0.3, -0.25) is 5.10 Å². The fourth-order valence-corrected chi connectivity index (χ4v) is 5.69. The van der Waals surface area contributed by atoms with E-state index in [0.717, 1.165) is 38.2 Å². The van der Waals surface area contributed by atoms with Gasteiger partial charge in [0, 0.05) is 36.5 Å². The van der Waals surface area contributed by atoms with Crippen molar-refractivity contribution in [3.05, 3.63) is 76.7 Å². The van der Waals surface area contributed by atoms with Crippen LogP contribution in [0.3, 0.4) is 0 Å². The molecule has 1 aromatic carbocycles. The van der Waals surface area contributed by atoms with Gasteiger partial charge in [-0.1, -0.05) is 42.4 Å². The summed E-state index contributed by atoms with van der Waals surface area (Å²) in [5, 5.41) is 7.76. The summed E-state index contributed by atoms with van der Waals surface area (Å²) < 4.78 is 0. The molecular formula is C25H25ClN8. The molecule has 8 nitrogen and oxygen atoms in total. The molecule has 1 aliphatic carbocycles. The van der Waals surface area contributed by atoms with Gasteiger partial charge in [0.25, 0.3) is 0 Å². The van der Waals surface area contributed by atoms with Crippen LogP contribution in [0.2, 0.25) is 5.02 Å². The number of pyridine rings is 1. The van der Waals surface area contributed by atoms with Crippen molar-refractivity contribution >= 4 is 40.0 Å². The first-order chi connectivity index (χ1) is 16.5. The van der Waals surface area contributed by atoms with E-state index in [-0.39, 0.29) is 17.3 Å². The Hall–Kier alpha value is -3.49. The van der Waals surface area contributed by atoms with E-state index in [4.69, 9.17) is 28.1 Å². The first-order valence-electron chi connectivity index (χ1n) is 11.4. The normalized spacial score (nSPS) is 19.0. The summed E-state index contributed by atoms with van der Waals surface area (Å²) in [6.45, 7) is 5.94. The zero-order valence-electron chi connectivity index (χ0n) is 18.6. The predicted molar refractivity (Wildman–Crippen MR) is 134 cm³/mol. The van der Waals surface area contributed by atoms with E-state index in [0.29, 0.717) is 33.0 Å². The van der Waals surface area contributed by atoms with E-state index < -0.39 is 0 Å². The minimum absolute atomic E-state index is 0.0911. The van der Waals surface area contributed by atoms with Gasteiger partial charge in [0.15, 0.2) is 0 Å². The minimum Gasteiger partial charge on any atom is -0.382 e. The molecule has 34 heavy (non-hydrogen) atoms. The van der Waals surface area contributed by atoms with E-state index in [1.165, 1.54) is 11.1 Å². The van der Waals surface area contributed by atoms with Crippen molar-refractivity contribution in [2.24, 2.45) is 11.1 Å². The number of nitrogens with one attached hydrogen (secondary N) is 1. The Morgan fingerprint density at radius 3 is 2.76 bits per heavy atom. The molecule has 4 heterocycles. The van der Waals surface area contributed by atoms with Crippen LogP contribution in [-0.4, -0.2) is 38.2 Å². The summed E-state index contributed by atoms with van der Waals surface area (Å²) in [5.41, 5.74) is 18.6. The highest BCUT2D eigenvalue weighted by atomic mass is 35.5. The maximum Gasteiger partial charge on any atom is 0.202 e. The predicted octanol–water partition coefficient (Wildman–Crippen LogP) is 3.89. The molecule has 172 valence electrons. The number of hydrogen-bond acceptors (Lipinski definition) is 7. The number of benzene rings is 1. The van der Waals surface area contributed by atoms with Gasteiger partial charge in [-0.25, -0.2) is 15.0 Å². The summed E-state index contributed by atoms with van der Waals surface area (Å²) in [5.74, 6) is 1.08. The number of nitrogen functional groups attached to an aromatic ring is 1. The van der Waals surface area contributed by atoms with Gasteiger partial charge in [-0.15, -0.1) is 0 Å². The fraction of sp³-hybridized carbons (Fsp3) is 0.280. The molecule has 4 aromatic rings. The molecule has 2 aliphatic rings. The summed E-state index contributed by atoms with van der Waals surface area (Å²) in [7, 11) is 0. The van der Waals surface area contributed by atoms with Crippen LogP contribution in [0, 0.1) is 5.41 Å². The van der Waals surface area contributed by atoms with Gasteiger partial charge < -0.3 is 16.4 Å². The number of nitrogens with zero attached hydrogens (tertiary/aromatic N) is 5. The third-order valence-electron chi connectivity index (χ3n) is 7.47. The standard InChI is InChI=1S/C25H25ClN8/c1-14(16-6-9-29-23(28)19(16)26)20-21-24(33-32-20)31-18(13-30-21)34-10-7-25(8-11-34)12-15-4-2-3-5-17(15)22(25)27/h2-6,9,13,22H,1,7-8,10-12,27H2,(H2,28,29)(H,31,32,33)/t22-/m1/s1. The van der Waals surface area contributed by atoms with Crippen molar-refractivity contribution < 1.29 is 0 Å². The molecule has 0 unspecified atom stereocenters. The maximum absolute atomic E-state index is 6.72. The van der Waals surface area contributed by atoms with Gasteiger partial charge in [0.2, 0.25) is 5.65 Å². The molecule has 5 N–H and O–H groups in total. The van der Waals surface area contributed by atoms with Crippen LogP contribution < -0.4 is 16.4 Å². The van der Waals surface area contributed by atoms with Gasteiger partial charge in [0.05, 0.1) is 16.9 Å². The largest absolute Gasteiger partial charge is 0.382 e. The number of piperidine rings is 1. The van der Waals surface area contributed by atoms with Crippen molar-refractivity contribution in [1.82, 2.24) is 25.1 Å². The molecule has 0 bridgehead atoms. The Balaban J connectivity index is 1.23. The van der Waals surface area contributed by atoms with E-state index in [1.54, 1.807) is 18.5 Å². The van der Waals surface area contributed by atoms with Crippen molar-refractivity contribution in [3.63, 3.8) is 0 Å². The lowest BCUT2D eigenvalue weighted by Crippen LogP contribution is -2.44. The summed E-state index contributed by atoms with van der Waals surface area (Å²) in [6, 6.07) is 10.4. The molecule has 1 spiro atoms. The van der Waals surface area contributed by atoms with Crippen LogP contribution in [-0.2, 0) is 6.42 Å². The quantitative estimate of drug-likeness (QED) is 0.413. The molecule has 0 radical (unpaired) electrons. The smallest absolute Gasteiger partial charge is 0.202 e. The average Bonchev–Trinajstić information content (AvgIpc) is 3.40. The van der Waals surface area contributed by atoms with E-state index in [1.807, 2.05) is 0 Å². The van der Waals surface area contributed by atoms with Crippen LogP contribution in [0.15, 0.2) is 49.3 Å². The van der Waals surface area contributed by atoms with Crippen LogP contribution in [0.1, 0.15) is 41.3 Å². The van der Waals surface area contributed by atoms with Crippen LogP contribution in [0.5, 0.6) is 0 Å². The number of H-pyrrole nitrogens is 1. The number of rotatable bonds is 3. The molecule has 1 saturated heterocycles. The first kappa shape index (κ1) is 21.1. The summed E-state index contributed by atoms with van der Waals surface area (Å²) in [6.07, 6.45) is 6.50. The topological polar surface area (TPSA) is 123 Å². The molecule has 3 aromatic heterocycles. The Morgan fingerprint density at radius 2 is 1.97 bits per heavy atom. The minimum atomic E-state index is 0.0911. The molecular weight excluding hydrogens is 448 g/mol. The molecule has 1 atom stereocenters. The number of nitrogens with two attached hydrogens (primary N) is 2. The number of aromatic amines is 1. The maximum atomic E-state index is 6.72. The lowest BCUT2D eigenvalue weighted by Gasteiger charge is -2.42. The molecule has 0 saturated carbocycles. The van der Waals surface area contributed by atoms with E-state index in [2.05, 4.69) is 55.9 Å². The fourth-order valence-electron chi connectivity index (χ4n) is 5.46. The highest BCUT2D eigenvalue weighted by Crippen LogP contribution is 2.50. The number of halogens is 1. The van der Waals surface area contributed by atoms with Gasteiger partial charge in [0.1, 0.15) is 17.2 Å². The second-order valence-electron chi connectivity index (χ2n) is 9.24. The highest BCUT2D eigenvalue weighted by Gasteiger charge is 2.45. The Bertz CT molecular complexity index is 1420. The van der Waals surface area contributed by atoms with Crippen molar-refractivity contribution in [2.45, 2.75) is 25.3 Å². The first-order valence-corrected chi connectivity index (χ1v) is 11.7. The van der Waals surface area contributed by atoms with E-state index in [9.17, 15) is 0 Å². The van der Waals surface area contributed by atoms with Crippen molar-refractivity contribution in [1.29, 1.82) is 0 Å². The second kappa shape index (κ2) is 7.78. The molecule has 6 rings (SSSR count). The summed E-state index contributed by atoms with van der Waals surface area (Å²) >= 11 is 6.34. The van der Waals surface area contributed by atoms with Crippen LogP contribution >= 0.6 is 11.6 Å². The second-order valence-corrected chi connectivity index (χ2v) is 9.62. The van der Waals surface area contributed by atoms with Gasteiger partial charge in [-0.05, 0) is 41.9 Å². The monoisotopic (exact) mass is 472 g/mol. The zero-order valence-corrected chi connectivity index (χ0v) is 19.4. The SMILES string of the molecule is C=C(c1ccnc(N)c1Cl)c1[nH]nc2nc(N3CCC4(CC3)Cc3ccccc3[C@H]4N)cnc12. The van der Waals surface area contributed by atoms with Crippen LogP contribution in [0.25, 0.3) is 16.7 Å². The number of anilines is 2. The number of fused-ring (bicyclic) bond motifs is 2. The molecule has 1 aliphatic heterocycles. The molecule has 1 fully saturated rings. The molecule has 9 heteroatoms. The third kappa shape index (κ3) is 3.17. The van der Waals surface area contributed by atoms with Crippen molar-refractivity contribution in [3.8, 4) is 0 Å². The Labute approximate surface area is 202 Å². The summed E-state index contributed by atoms with van der Waals surface area (Å²) in [4.78, 5) is 15.7.